The molecule has 146 valence electrons. The van der Waals surface area contributed by atoms with E-state index in [9.17, 15) is 13.6 Å². The van der Waals surface area contributed by atoms with Gasteiger partial charge >= 0.3 is 0 Å². The standard InChI is InChI=1S/C18H24F2N6O/c1-24-12-23-15-16(24)21-11-22-17(15)26-6-2-13(3-7-26)10-14(27)25-8-4-18(19,20)5-9-25/h11-13H,2-10H2,1H3. The van der Waals surface area contributed by atoms with Gasteiger partial charge in [0.2, 0.25) is 5.91 Å². The molecule has 2 aromatic rings. The van der Waals surface area contributed by atoms with Gasteiger partial charge in [0.25, 0.3) is 5.92 Å². The van der Waals surface area contributed by atoms with Crippen LogP contribution in [0.5, 0.6) is 0 Å². The van der Waals surface area contributed by atoms with Gasteiger partial charge in [-0.05, 0) is 18.8 Å². The van der Waals surface area contributed by atoms with E-state index in [0.717, 1.165) is 42.9 Å². The van der Waals surface area contributed by atoms with E-state index in [2.05, 4.69) is 19.9 Å². The smallest absolute Gasteiger partial charge is 0.251 e. The fraction of sp³-hybridized carbons (Fsp3) is 0.667. The molecule has 27 heavy (non-hydrogen) atoms. The summed E-state index contributed by atoms with van der Waals surface area (Å²) in [5.41, 5.74) is 1.60. The minimum atomic E-state index is -2.61. The molecule has 4 rings (SSSR count). The number of fused-ring (bicyclic) bond motifs is 1. The van der Waals surface area contributed by atoms with Gasteiger partial charge in [-0.15, -0.1) is 0 Å². The van der Waals surface area contributed by atoms with Crippen LogP contribution in [0, 0.1) is 5.92 Å². The molecule has 0 atom stereocenters. The van der Waals surface area contributed by atoms with Gasteiger partial charge in [0.1, 0.15) is 6.33 Å². The van der Waals surface area contributed by atoms with Crippen molar-refractivity contribution >= 4 is 22.9 Å². The SMILES string of the molecule is Cn1cnc2c(N3CCC(CC(=O)N4CCC(F)(F)CC4)CC3)ncnc21. The van der Waals surface area contributed by atoms with Gasteiger partial charge in [-0.3, -0.25) is 4.79 Å². The number of likely N-dealkylation sites (tertiary alicyclic amines) is 1. The minimum Gasteiger partial charge on any atom is -0.355 e. The van der Waals surface area contributed by atoms with Crippen LogP contribution in [-0.4, -0.2) is 62.4 Å². The van der Waals surface area contributed by atoms with Crippen LogP contribution < -0.4 is 4.90 Å². The summed E-state index contributed by atoms with van der Waals surface area (Å²) >= 11 is 0. The van der Waals surface area contributed by atoms with E-state index in [1.807, 2.05) is 11.6 Å². The van der Waals surface area contributed by atoms with Gasteiger partial charge in [0, 0.05) is 52.5 Å². The predicted molar refractivity (Wildman–Crippen MR) is 96.6 cm³/mol. The molecule has 2 fully saturated rings. The molecule has 9 heteroatoms. The third-order valence-corrected chi connectivity index (χ3v) is 5.70. The number of piperidine rings is 2. The molecule has 0 aromatic carbocycles. The number of aryl methyl sites for hydroxylation is 1. The van der Waals surface area contributed by atoms with E-state index in [-0.39, 0.29) is 37.8 Å². The Kier molecular flexibility index (Phi) is 4.69. The number of rotatable bonds is 3. The fourth-order valence-corrected chi connectivity index (χ4v) is 3.97. The first-order valence-electron chi connectivity index (χ1n) is 9.45. The van der Waals surface area contributed by atoms with Crippen molar-refractivity contribution in [2.45, 2.75) is 38.0 Å². The Morgan fingerprint density at radius 2 is 1.85 bits per heavy atom. The molecule has 0 bridgehead atoms. The zero-order valence-electron chi connectivity index (χ0n) is 15.4. The quantitative estimate of drug-likeness (QED) is 0.819. The van der Waals surface area contributed by atoms with E-state index >= 15 is 0 Å². The second kappa shape index (κ2) is 7.01. The van der Waals surface area contributed by atoms with E-state index < -0.39 is 5.92 Å². The predicted octanol–water partition coefficient (Wildman–Crippen LogP) is 2.23. The van der Waals surface area contributed by atoms with E-state index in [0.29, 0.717) is 6.42 Å². The van der Waals surface area contributed by atoms with E-state index in [1.54, 1.807) is 17.6 Å². The summed E-state index contributed by atoms with van der Waals surface area (Å²) in [4.78, 5) is 29.3. The van der Waals surface area contributed by atoms with Gasteiger partial charge < -0.3 is 14.4 Å². The Hall–Kier alpha value is -2.32. The van der Waals surface area contributed by atoms with Crippen LogP contribution in [0.15, 0.2) is 12.7 Å². The second-order valence-electron chi connectivity index (χ2n) is 7.60. The number of carbonyl (C=O) groups excluding carboxylic acids is 1. The molecule has 2 aromatic heterocycles. The van der Waals surface area contributed by atoms with Gasteiger partial charge in [0.15, 0.2) is 17.0 Å². The van der Waals surface area contributed by atoms with Gasteiger partial charge in [0.05, 0.1) is 6.33 Å². The maximum absolute atomic E-state index is 13.3. The first kappa shape index (κ1) is 18.1. The lowest BCUT2D eigenvalue weighted by Gasteiger charge is -2.35. The molecule has 0 spiro atoms. The summed E-state index contributed by atoms with van der Waals surface area (Å²) in [6, 6.07) is 0. The topological polar surface area (TPSA) is 67.2 Å². The first-order chi connectivity index (χ1) is 12.9. The van der Waals surface area contributed by atoms with Crippen molar-refractivity contribution in [3.05, 3.63) is 12.7 Å². The maximum Gasteiger partial charge on any atom is 0.251 e. The molecular formula is C18H24F2N6O. The normalized spacial score (nSPS) is 21.0. The molecule has 0 saturated carbocycles. The van der Waals surface area contributed by atoms with E-state index in [1.165, 1.54) is 0 Å². The maximum atomic E-state index is 13.3. The van der Waals surface area contributed by atoms with Crippen molar-refractivity contribution in [3.8, 4) is 0 Å². The Morgan fingerprint density at radius 3 is 2.56 bits per heavy atom. The van der Waals surface area contributed by atoms with Crippen LogP contribution in [0.25, 0.3) is 11.2 Å². The highest BCUT2D eigenvalue weighted by molar-refractivity contribution is 5.83. The molecule has 0 radical (unpaired) electrons. The zero-order chi connectivity index (χ0) is 19.0. The van der Waals surface area contributed by atoms with E-state index in [4.69, 9.17) is 0 Å². The number of hydrogen-bond donors (Lipinski definition) is 0. The van der Waals surface area contributed by atoms with Crippen LogP contribution in [0.3, 0.4) is 0 Å². The summed E-state index contributed by atoms with van der Waals surface area (Å²) < 4.78 is 28.4. The van der Waals surface area contributed by atoms with Gasteiger partial charge in [-0.2, -0.15) is 0 Å². The lowest BCUT2D eigenvalue weighted by molar-refractivity contribution is -0.138. The molecule has 2 aliphatic heterocycles. The summed E-state index contributed by atoms with van der Waals surface area (Å²) in [6.45, 7) is 1.95. The number of nitrogens with zero attached hydrogens (tertiary/aromatic N) is 6. The van der Waals surface area contributed by atoms with Crippen molar-refractivity contribution in [2.24, 2.45) is 13.0 Å². The Balaban J connectivity index is 1.33. The average molecular weight is 378 g/mol. The highest BCUT2D eigenvalue weighted by Gasteiger charge is 2.36. The number of carbonyl (C=O) groups is 1. The highest BCUT2D eigenvalue weighted by atomic mass is 19.3. The Labute approximate surface area is 156 Å². The molecular weight excluding hydrogens is 354 g/mol. The third kappa shape index (κ3) is 3.72. The number of alkyl halides is 2. The largest absolute Gasteiger partial charge is 0.355 e. The number of halogens is 2. The number of hydrogen-bond acceptors (Lipinski definition) is 5. The summed E-state index contributed by atoms with van der Waals surface area (Å²) in [5.74, 6) is -1.48. The summed E-state index contributed by atoms with van der Waals surface area (Å²) in [7, 11) is 1.90. The molecule has 7 nitrogen and oxygen atoms in total. The number of amides is 1. The second-order valence-corrected chi connectivity index (χ2v) is 7.60. The molecule has 0 unspecified atom stereocenters. The fourth-order valence-electron chi connectivity index (χ4n) is 3.97. The Morgan fingerprint density at radius 1 is 1.15 bits per heavy atom. The molecule has 4 heterocycles. The summed E-state index contributed by atoms with van der Waals surface area (Å²) in [6.07, 6.45) is 5.07. The van der Waals surface area contributed by atoms with Gasteiger partial charge in [-0.25, -0.2) is 23.7 Å². The first-order valence-corrected chi connectivity index (χ1v) is 9.45. The molecule has 0 N–H and O–H groups in total. The third-order valence-electron chi connectivity index (χ3n) is 5.70. The average Bonchev–Trinajstić information content (AvgIpc) is 3.04. The Bertz CT molecular complexity index is 820. The van der Waals surface area contributed by atoms with Gasteiger partial charge in [-0.1, -0.05) is 0 Å². The number of imidazole rings is 1. The highest BCUT2D eigenvalue weighted by Crippen LogP contribution is 2.30. The molecule has 2 aliphatic rings. The minimum absolute atomic E-state index is 0.0121. The van der Waals surface area contributed by atoms with Crippen LogP contribution in [0.1, 0.15) is 32.1 Å². The zero-order valence-corrected chi connectivity index (χ0v) is 15.4. The number of aromatic nitrogens is 4. The lowest BCUT2D eigenvalue weighted by atomic mass is 9.92. The van der Waals surface area contributed by atoms with Crippen LogP contribution in [-0.2, 0) is 11.8 Å². The summed E-state index contributed by atoms with van der Waals surface area (Å²) in [5, 5.41) is 0. The van der Waals surface area contributed by atoms with Crippen molar-refractivity contribution in [1.29, 1.82) is 0 Å². The monoisotopic (exact) mass is 378 g/mol. The molecule has 0 aliphatic carbocycles. The van der Waals surface area contributed by atoms with Crippen molar-refractivity contribution < 1.29 is 13.6 Å². The van der Waals surface area contributed by atoms with Crippen LogP contribution in [0.2, 0.25) is 0 Å². The lowest BCUT2D eigenvalue weighted by Crippen LogP contribution is -2.44. The molecule has 2 saturated heterocycles. The molecule has 1 amide bonds. The number of anilines is 1. The van der Waals surface area contributed by atoms with Crippen molar-refractivity contribution in [1.82, 2.24) is 24.4 Å². The van der Waals surface area contributed by atoms with Crippen molar-refractivity contribution in [3.63, 3.8) is 0 Å². The van der Waals surface area contributed by atoms with Crippen LogP contribution in [0.4, 0.5) is 14.6 Å². The van der Waals surface area contributed by atoms with Crippen molar-refractivity contribution in [2.75, 3.05) is 31.1 Å². The van der Waals surface area contributed by atoms with Crippen LogP contribution >= 0.6 is 0 Å².